The zero-order chi connectivity index (χ0) is 21.2. The molecule has 7 heteroatoms. The first-order valence-electron chi connectivity index (χ1n) is 10.8. The molecule has 1 saturated heterocycles. The zero-order valence-electron chi connectivity index (χ0n) is 18.5. The molecule has 31 heavy (non-hydrogen) atoms. The third-order valence-corrected chi connectivity index (χ3v) is 5.36. The molecule has 2 aromatic rings. The lowest BCUT2D eigenvalue weighted by molar-refractivity contribution is 0.0341. The van der Waals surface area contributed by atoms with E-state index in [2.05, 4.69) is 39.8 Å². The van der Waals surface area contributed by atoms with Crippen molar-refractivity contribution >= 4 is 29.9 Å². The standard InChI is InChI=1S/C24H34N4O2.HI/c1-3-25-23(27-19-24(2,29)22-11-5-4-6-12-22)26-17-20-9-7-8-10-21(20)18-28-13-15-30-16-14-28;/h4-12,29H,3,13-19H2,1-2H3,(H2,25,26,27);1H. The van der Waals surface area contributed by atoms with Gasteiger partial charge in [0.05, 0.1) is 26.3 Å². The highest BCUT2D eigenvalue weighted by Crippen LogP contribution is 2.19. The SMILES string of the molecule is CCNC(=NCc1ccccc1CN1CCOCC1)NCC(C)(O)c1ccccc1.I. The number of halogens is 1. The first-order chi connectivity index (χ1) is 14.6. The number of ether oxygens (including phenoxy) is 1. The molecule has 170 valence electrons. The molecule has 3 rings (SSSR count). The number of benzene rings is 2. The van der Waals surface area contributed by atoms with E-state index >= 15 is 0 Å². The second-order valence-corrected chi connectivity index (χ2v) is 7.85. The molecule has 0 aliphatic carbocycles. The van der Waals surface area contributed by atoms with Crippen LogP contribution in [0, 0.1) is 0 Å². The van der Waals surface area contributed by atoms with Gasteiger partial charge in [-0.1, -0.05) is 54.6 Å². The predicted octanol–water partition coefficient (Wildman–Crippen LogP) is 3.10. The molecule has 1 heterocycles. The smallest absolute Gasteiger partial charge is 0.191 e. The van der Waals surface area contributed by atoms with Crippen LogP contribution in [0.4, 0.5) is 0 Å². The first kappa shape index (κ1) is 25.6. The van der Waals surface area contributed by atoms with Gasteiger partial charge in [0.2, 0.25) is 0 Å². The van der Waals surface area contributed by atoms with Crippen LogP contribution in [0.15, 0.2) is 59.6 Å². The van der Waals surface area contributed by atoms with Gasteiger partial charge in [-0.2, -0.15) is 0 Å². The minimum absolute atomic E-state index is 0. The molecule has 0 radical (unpaired) electrons. The Kier molecular flexibility index (Phi) is 10.7. The van der Waals surface area contributed by atoms with Crippen molar-refractivity contribution in [3.05, 3.63) is 71.3 Å². The lowest BCUT2D eigenvalue weighted by Gasteiger charge is -2.27. The lowest BCUT2D eigenvalue weighted by Crippen LogP contribution is -2.44. The number of hydrogen-bond acceptors (Lipinski definition) is 4. The molecule has 0 saturated carbocycles. The summed E-state index contributed by atoms with van der Waals surface area (Å²) in [6, 6.07) is 18.2. The van der Waals surface area contributed by atoms with Crippen LogP contribution in [-0.2, 0) is 23.4 Å². The van der Waals surface area contributed by atoms with Gasteiger partial charge in [-0.15, -0.1) is 24.0 Å². The van der Waals surface area contributed by atoms with Crippen LogP contribution in [-0.4, -0.2) is 55.4 Å². The normalized spacial score (nSPS) is 16.8. The summed E-state index contributed by atoms with van der Waals surface area (Å²) in [6.07, 6.45) is 0. The fourth-order valence-electron chi connectivity index (χ4n) is 3.53. The summed E-state index contributed by atoms with van der Waals surface area (Å²) in [5.74, 6) is 0.704. The Balaban J connectivity index is 0.00000341. The fraction of sp³-hybridized carbons (Fsp3) is 0.458. The van der Waals surface area contributed by atoms with Gasteiger partial charge in [-0.3, -0.25) is 4.90 Å². The van der Waals surface area contributed by atoms with Crippen molar-refractivity contribution in [1.82, 2.24) is 15.5 Å². The van der Waals surface area contributed by atoms with E-state index in [4.69, 9.17) is 9.73 Å². The molecule has 1 aliphatic heterocycles. The highest BCUT2D eigenvalue weighted by molar-refractivity contribution is 14.0. The number of aliphatic imine (C=N–C) groups is 1. The Hall–Kier alpha value is -1.68. The van der Waals surface area contributed by atoms with Gasteiger partial charge in [-0.05, 0) is 30.5 Å². The summed E-state index contributed by atoms with van der Waals surface area (Å²) in [4.78, 5) is 7.20. The van der Waals surface area contributed by atoms with Crippen LogP contribution in [0.2, 0.25) is 0 Å². The quantitative estimate of drug-likeness (QED) is 0.274. The molecule has 0 spiro atoms. The molecular formula is C24H35IN4O2. The summed E-state index contributed by atoms with van der Waals surface area (Å²) in [7, 11) is 0. The Bertz CT molecular complexity index is 808. The van der Waals surface area contributed by atoms with Crippen molar-refractivity contribution in [2.45, 2.75) is 32.5 Å². The molecule has 1 fully saturated rings. The molecule has 0 bridgehead atoms. The van der Waals surface area contributed by atoms with Gasteiger partial charge >= 0.3 is 0 Å². The van der Waals surface area contributed by atoms with E-state index in [9.17, 15) is 5.11 Å². The maximum atomic E-state index is 10.9. The maximum Gasteiger partial charge on any atom is 0.191 e. The van der Waals surface area contributed by atoms with Crippen molar-refractivity contribution < 1.29 is 9.84 Å². The zero-order valence-corrected chi connectivity index (χ0v) is 20.8. The van der Waals surface area contributed by atoms with E-state index in [1.807, 2.05) is 44.2 Å². The summed E-state index contributed by atoms with van der Waals surface area (Å²) in [6.45, 7) is 10.0. The van der Waals surface area contributed by atoms with Crippen LogP contribution in [0.25, 0.3) is 0 Å². The second-order valence-electron chi connectivity index (χ2n) is 7.85. The first-order valence-corrected chi connectivity index (χ1v) is 10.8. The van der Waals surface area contributed by atoms with Crippen molar-refractivity contribution in [2.24, 2.45) is 4.99 Å². The van der Waals surface area contributed by atoms with Crippen LogP contribution in [0.5, 0.6) is 0 Å². The molecule has 0 aromatic heterocycles. The van der Waals surface area contributed by atoms with Crippen molar-refractivity contribution in [3.63, 3.8) is 0 Å². The van der Waals surface area contributed by atoms with E-state index in [1.165, 1.54) is 11.1 Å². The summed E-state index contributed by atoms with van der Waals surface area (Å²) < 4.78 is 5.46. The lowest BCUT2D eigenvalue weighted by atomic mass is 9.96. The minimum Gasteiger partial charge on any atom is -0.384 e. The number of aliphatic hydroxyl groups is 1. The van der Waals surface area contributed by atoms with Crippen LogP contribution in [0.1, 0.15) is 30.5 Å². The Morgan fingerprint density at radius 3 is 2.35 bits per heavy atom. The molecule has 6 nitrogen and oxygen atoms in total. The largest absolute Gasteiger partial charge is 0.384 e. The average Bonchev–Trinajstić information content (AvgIpc) is 2.78. The molecule has 0 amide bonds. The van der Waals surface area contributed by atoms with Crippen LogP contribution < -0.4 is 10.6 Å². The third-order valence-electron chi connectivity index (χ3n) is 5.36. The van der Waals surface area contributed by atoms with Crippen LogP contribution in [0.3, 0.4) is 0 Å². The van der Waals surface area contributed by atoms with Gasteiger partial charge in [0.1, 0.15) is 5.60 Å². The van der Waals surface area contributed by atoms with Gasteiger partial charge in [-0.25, -0.2) is 4.99 Å². The van der Waals surface area contributed by atoms with E-state index < -0.39 is 5.60 Å². The van der Waals surface area contributed by atoms with Crippen LogP contribution >= 0.6 is 24.0 Å². The van der Waals surface area contributed by atoms with Gasteiger partial charge in [0.25, 0.3) is 0 Å². The van der Waals surface area contributed by atoms with E-state index in [0.717, 1.165) is 45.0 Å². The average molecular weight is 538 g/mol. The summed E-state index contributed by atoms with van der Waals surface area (Å²) in [5, 5.41) is 17.4. The second kappa shape index (κ2) is 13.0. The van der Waals surface area contributed by atoms with E-state index in [0.29, 0.717) is 19.0 Å². The van der Waals surface area contributed by atoms with Gasteiger partial charge in [0.15, 0.2) is 5.96 Å². The minimum atomic E-state index is -0.980. The monoisotopic (exact) mass is 538 g/mol. The Labute approximate surface area is 203 Å². The maximum absolute atomic E-state index is 10.9. The fourth-order valence-corrected chi connectivity index (χ4v) is 3.53. The molecule has 3 N–H and O–H groups in total. The molecular weight excluding hydrogens is 503 g/mol. The number of rotatable bonds is 8. The summed E-state index contributed by atoms with van der Waals surface area (Å²) in [5.41, 5.74) is 2.42. The van der Waals surface area contributed by atoms with Crippen molar-refractivity contribution in [2.75, 3.05) is 39.4 Å². The predicted molar refractivity (Wildman–Crippen MR) is 137 cm³/mol. The van der Waals surface area contributed by atoms with Crippen molar-refractivity contribution in [1.29, 1.82) is 0 Å². The number of morpholine rings is 1. The molecule has 2 aromatic carbocycles. The molecule has 1 unspecified atom stereocenters. The topological polar surface area (TPSA) is 69.1 Å². The highest BCUT2D eigenvalue weighted by Gasteiger charge is 2.23. The Morgan fingerprint density at radius 1 is 1.03 bits per heavy atom. The van der Waals surface area contributed by atoms with Gasteiger partial charge < -0.3 is 20.5 Å². The number of nitrogens with one attached hydrogen (secondary N) is 2. The summed E-state index contributed by atoms with van der Waals surface area (Å²) >= 11 is 0. The molecule has 1 atom stereocenters. The van der Waals surface area contributed by atoms with E-state index in [1.54, 1.807) is 0 Å². The number of hydrogen-bond donors (Lipinski definition) is 3. The van der Waals surface area contributed by atoms with Gasteiger partial charge in [0, 0.05) is 26.2 Å². The third kappa shape index (κ3) is 8.07. The number of nitrogens with zero attached hydrogens (tertiary/aromatic N) is 2. The highest BCUT2D eigenvalue weighted by atomic mass is 127. The van der Waals surface area contributed by atoms with Crippen molar-refractivity contribution in [3.8, 4) is 0 Å². The Morgan fingerprint density at radius 2 is 1.68 bits per heavy atom. The number of guanidine groups is 1. The van der Waals surface area contributed by atoms with E-state index in [-0.39, 0.29) is 24.0 Å². The molecule has 1 aliphatic rings.